The van der Waals surface area contributed by atoms with Gasteiger partial charge >= 0.3 is 5.97 Å². The van der Waals surface area contributed by atoms with Gasteiger partial charge in [0.15, 0.2) is 5.78 Å². The molecule has 3 aromatic carbocycles. The van der Waals surface area contributed by atoms with E-state index in [2.05, 4.69) is 14.5 Å². The summed E-state index contributed by atoms with van der Waals surface area (Å²) in [4.78, 5) is 31.5. The number of aromatic nitrogens is 2. The molecule has 6 heteroatoms. The van der Waals surface area contributed by atoms with E-state index in [1.165, 1.54) is 0 Å². The molecule has 0 spiro atoms. The van der Waals surface area contributed by atoms with Crippen LogP contribution in [0.4, 0.5) is 5.69 Å². The summed E-state index contributed by atoms with van der Waals surface area (Å²) in [5.41, 5.74) is 4.59. The molecule has 0 aliphatic carbocycles. The number of piperidine rings is 1. The van der Waals surface area contributed by atoms with Crippen LogP contribution in [0.1, 0.15) is 62.0 Å². The van der Waals surface area contributed by atoms with Crippen molar-refractivity contribution in [1.82, 2.24) is 9.55 Å². The van der Waals surface area contributed by atoms with Crippen LogP contribution in [0.3, 0.4) is 0 Å². The average Bonchev–Trinajstić information content (AvgIpc) is 3.37. The van der Waals surface area contributed by atoms with Gasteiger partial charge in [-0.05, 0) is 49.1 Å². The highest BCUT2D eigenvalue weighted by Crippen LogP contribution is 2.32. The number of carbonyl (C=O) groups excluding carboxylic acids is 1. The zero-order valence-electron chi connectivity index (χ0n) is 20.3. The van der Waals surface area contributed by atoms with Gasteiger partial charge < -0.3 is 14.6 Å². The first kappa shape index (κ1) is 23.5. The Morgan fingerprint density at radius 1 is 0.944 bits per heavy atom. The van der Waals surface area contributed by atoms with E-state index >= 15 is 0 Å². The summed E-state index contributed by atoms with van der Waals surface area (Å²) < 4.78 is 2.17. The normalized spacial score (nSPS) is 14.1. The summed E-state index contributed by atoms with van der Waals surface area (Å²) in [6.07, 6.45) is 5.73. The van der Waals surface area contributed by atoms with Gasteiger partial charge in [0, 0.05) is 54.8 Å². The highest BCUT2D eigenvalue weighted by molar-refractivity contribution is 6.12. The molecule has 5 rings (SSSR count). The SMILES string of the molecule is Cc1cc(Cn2ccnc2C2CCN(c3ccccc3C(=O)c3ccccc3)CC2)ccc1C(=O)O. The maximum absolute atomic E-state index is 13.2. The lowest BCUT2D eigenvalue weighted by atomic mass is 9.94. The lowest BCUT2D eigenvalue weighted by Gasteiger charge is -2.34. The molecule has 0 atom stereocenters. The molecule has 0 bridgehead atoms. The molecule has 1 fully saturated rings. The average molecular weight is 480 g/mol. The van der Waals surface area contributed by atoms with Crippen molar-refractivity contribution in [1.29, 1.82) is 0 Å². The first-order valence-corrected chi connectivity index (χ1v) is 12.3. The second-order valence-electron chi connectivity index (χ2n) is 9.34. The van der Waals surface area contributed by atoms with Crippen LogP contribution < -0.4 is 4.90 Å². The number of para-hydroxylation sites is 1. The number of carboxylic acids is 1. The van der Waals surface area contributed by atoms with Gasteiger partial charge in [0.25, 0.3) is 0 Å². The Morgan fingerprint density at radius 2 is 1.67 bits per heavy atom. The predicted octanol–water partition coefficient (Wildman–Crippen LogP) is 5.55. The molecule has 0 radical (unpaired) electrons. The van der Waals surface area contributed by atoms with E-state index in [1.54, 1.807) is 6.07 Å². The maximum Gasteiger partial charge on any atom is 0.335 e. The number of aromatic carboxylic acids is 1. The monoisotopic (exact) mass is 479 g/mol. The molecular weight excluding hydrogens is 450 g/mol. The Bertz CT molecular complexity index is 1390. The summed E-state index contributed by atoms with van der Waals surface area (Å²) >= 11 is 0. The third kappa shape index (κ3) is 4.80. The van der Waals surface area contributed by atoms with Crippen molar-refractivity contribution in [2.45, 2.75) is 32.2 Å². The van der Waals surface area contributed by atoms with Crippen LogP contribution in [0.25, 0.3) is 0 Å². The van der Waals surface area contributed by atoms with Gasteiger partial charge in [-0.25, -0.2) is 9.78 Å². The molecule has 1 aromatic heterocycles. The number of imidazole rings is 1. The van der Waals surface area contributed by atoms with Crippen LogP contribution >= 0.6 is 0 Å². The van der Waals surface area contributed by atoms with E-state index < -0.39 is 5.97 Å². The lowest BCUT2D eigenvalue weighted by Crippen LogP contribution is -2.34. The molecule has 1 N–H and O–H groups in total. The molecule has 6 nitrogen and oxygen atoms in total. The van der Waals surface area contributed by atoms with Crippen molar-refractivity contribution < 1.29 is 14.7 Å². The van der Waals surface area contributed by atoms with Crippen molar-refractivity contribution in [3.8, 4) is 0 Å². The van der Waals surface area contributed by atoms with Crippen LogP contribution in [-0.2, 0) is 6.54 Å². The van der Waals surface area contributed by atoms with Crippen LogP contribution in [-0.4, -0.2) is 39.5 Å². The molecule has 1 aliphatic rings. The van der Waals surface area contributed by atoms with Gasteiger partial charge in [-0.15, -0.1) is 0 Å². The molecule has 1 aliphatic heterocycles. The second kappa shape index (κ2) is 10.2. The van der Waals surface area contributed by atoms with E-state index in [-0.39, 0.29) is 5.78 Å². The van der Waals surface area contributed by atoms with Gasteiger partial charge in [0.1, 0.15) is 5.82 Å². The molecule has 2 heterocycles. The summed E-state index contributed by atoms with van der Waals surface area (Å²) in [6, 6.07) is 22.8. The van der Waals surface area contributed by atoms with Gasteiger partial charge in [-0.3, -0.25) is 4.79 Å². The highest BCUT2D eigenvalue weighted by atomic mass is 16.4. The largest absolute Gasteiger partial charge is 0.478 e. The summed E-state index contributed by atoms with van der Waals surface area (Å²) in [6.45, 7) is 4.19. The molecule has 182 valence electrons. The minimum Gasteiger partial charge on any atom is -0.478 e. The number of nitrogens with zero attached hydrogens (tertiary/aromatic N) is 3. The molecule has 1 saturated heterocycles. The minimum absolute atomic E-state index is 0.0491. The van der Waals surface area contributed by atoms with E-state index in [0.29, 0.717) is 23.6 Å². The van der Waals surface area contributed by atoms with Crippen LogP contribution in [0.2, 0.25) is 0 Å². The number of ketones is 1. The number of hydrogen-bond acceptors (Lipinski definition) is 4. The third-order valence-corrected chi connectivity index (χ3v) is 7.01. The Kier molecular flexibility index (Phi) is 6.67. The van der Waals surface area contributed by atoms with Gasteiger partial charge in [0.05, 0.1) is 5.56 Å². The minimum atomic E-state index is -0.902. The first-order chi connectivity index (χ1) is 17.5. The first-order valence-electron chi connectivity index (χ1n) is 12.3. The number of rotatable bonds is 7. The smallest absolute Gasteiger partial charge is 0.335 e. The number of anilines is 1. The predicted molar refractivity (Wildman–Crippen MR) is 140 cm³/mol. The zero-order chi connectivity index (χ0) is 25.1. The second-order valence-corrected chi connectivity index (χ2v) is 9.34. The van der Waals surface area contributed by atoms with Crippen LogP contribution in [0, 0.1) is 6.92 Å². The standard InChI is InChI=1S/C30H29N3O3/c1-21-19-22(11-12-25(21)30(35)36)20-33-18-15-31-29(33)24-13-16-32(17-14-24)27-10-6-5-9-26(27)28(34)23-7-3-2-4-8-23/h2-12,15,18-19,24H,13-14,16-17,20H2,1H3,(H,35,36). The Balaban J connectivity index is 1.29. The quantitative estimate of drug-likeness (QED) is 0.352. The fourth-order valence-corrected chi connectivity index (χ4v) is 5.14. The topological polar surface area (TPSA) is 75.4 Å². The zero-order valence-corrected chi connectivity index (χ0v) is 20.3. The molecule has 4 aromatic rings. The molecule has 0 amide bonds. The fraction of sp³-hybridized carbons (Fsp3) is 0.233. The molecule has 0 saturated carbocycles. The molecular formula is C30H29N3O3. The number of carbonyl (C=O) groups is 2. The van der Waals surface area contributed by atoms with Gasteiger partial charge in [0.2, 0.25) is 0 Å². The highest BCUT2D eigenvalue weighted by Gasteiger charge is 2.26. The Labute approximate surface area is 210 Å². The Hall–Kier alpha value is -4.19. The van der Waals surface area contributed by atoms with Gasteiger partial charge in [-0.1, -0.05) is 54.6 Å². The number of aryl methyl sites for hydroxylation is 1. The van der Waals surface area contributed by atoms with E-state index in [4.69, 9.17) is 0 Å². The maximum atomic E-state index is 13.2. The fourth-order valence-electron chi connectivity index (χ4n) is 5.14. The van der Waals surface area contributed by atoms with Crippen LogP contribution in [0.5, 0.6) is 0 Å². The van der Waals surface area contributed by atoms with Gasteiger partial charge in [-0.2, -0.15) is 0 Å². The van der Waals surface area contributed by atoms with Crippen LogP contribution in [0.15, 0.2) is 85.2 Å². The van der Waals surface area contributed by atoms with E-state index in [1.807, 2.05) is 86.0 Å². The van der Waals surface area contributed by atoms with Crippen molar-refractivity contribution in [2.24, 2.45) is 0 Å². The third-order valence-electron chi connectivity index (χ3n) is 7.01. The van der Waals surface area contributed by atoms with Crippen molar-refractivity contribution >= 4 is 17.4 Å². The molecule has 0 unspecified atom stereocenters. The summed E-state index contributed by atoms with van der Waals surface area (Å²) in [5.74, 6) is 0.533. The van der Waals surface area contributed by atoms with Crippen molar-refractivity contribution in [3.63, 3.8) is 0 Å². The summed E-state index contributed by atoms with van der Waals surface area (Å²) in [7, 11) is 0. The molecule has 36 heavy (non-hydrogen) atoms. The van der Waals surface area contributed by atoms with Crippen molar-refractivity contribution in [2.75, 3.05) is 18.0 Å². The Morgan fingerprint density at radius 3 is 2.39 bits per heavy atom. The van der Waals surface area contributed by atoms with Crippen molar-refractivity contribution in [3.05, 3.63) is 119 Å². The van der Waals surface area contributed by atoms with E-state index in [0.717, 1.165) is 54.1 Å². The summed E-state index contributed by atoms with van der Waals surface area (Å²) in [5, 5.41) is 9.30. The van der Waals surface area contributed by atoms with E-state index in [9.17, 15) is 14.7 Å². The lowest BCUT2D eigenvalue weighted by molar-refractivity contribution is 0.0696. The number of hydrogen-bond donors (Lipinski definition) is 1. The number of benzene rings is 3. The number of carboxylic acid groups (broad SMARTS) is 1.